The lowest BCUT2D eigenvalue weighted by molar-refractivity contribution is 0.0923. The molecule has 2 N–H and O–H groups in total. The van der Waals surface area contributed by atoms with E-state index in [0.717, 1.165) is 6.42 Å². The zero-order valence-electron chi connectivity index (χ0n) is 13.3. The minimum Gasteiger partial charge on any atom is -0.385 e. The second kappa shape index (κ2) is 7.22. The molecule has 1 amide bonds. The molecule has 1 aromatic heterocycles. The molecule has 0 aromatic carbocycles. The molecule has 20 heavy (non-hydrogen) atoms. The third-order valence-corrected chi connectivity index (χ3v) is 3.66. The molecule has 0 bridgehead atoms. The Balaban J connectivity index is 2.98. The summed E-state index contributed by atoms with van der Waals surface area (Å²) >= 11 is 0. The molecule has 0 saturated carbocycles. The van der Waals surface area contributed by atoms with Crippen LogP contribution >= 0.6 is 0 Å². The van der Waals surface area contributed by atoms with Crippen molar-refractivity contribution >= 4 is 11.6 Å². The number of carbonyl (C=O) groups is 1. The molecule has 0 spiro atoms. The van der Waals surface area contributed by atoms with Crippen LogP contribution in [0.4, 0.5) is 5.69 Å². The van der Waals surface area contributed by atoms with Crippen LogP contribution in [0.2, 0.25) is 0 Å². The summed E-state index contributed by atoms with van der Waals surface area (Å²) in [6.45, 7) is 10.3. The van der Waals surface area contributed by atoms with Crippen LogP contribution in [-0.2, 0) is 0 Å². The molecule has 0 fully saturated rings. The molecular formula is C15H26N4O. The van der Waals surface area contributed by atoms with E-state index in [1.54, 1.807) is 13.2 Å². The van der Waals surface area contributed by atoms with Crippen molar-refractivity contribution in [2.45, 2.75) is 53.0 Å². The maximum Gasteiger partial charge on any atom is 0.272 e. The van der Waals surface area contributed by atoms with Gasteiger partial charge in [-0.2, -0.15) is 0 Å². The fourth-order valence-electron chi connectivity index (χ4n) is 1.80. The summed E-state index contributed by atoms with van der Waals surface area (Å²) in [7, 11) is 1.77. The lowest BCUT2D eigenvalue weighted by Gasteiger charge is -2.20. The van der Waals surface area contributed by atoms with Gasteiger partial charge in [-0.3, -0.25) is 4.79 Å². The van der Waals surface area contributed by atoms with Crippen LogP contribution < -0.4 is 10.6 Å². The van der Waals surface area contributed by atoms with Gasteiger partial charge in [0, 0.05) is 19.0 Å². The van der Waals surface area contributed by atoms with Crippen LogP contribution in [0, 0.1) is 5.92 Å². The van der Waals surface area contributed by atoms with Crippen molar-refractivity contribution in [2.75, 3.05) is 12.4 Å². The van der Waals surface area contributed by atoms with Crippen molar-refractivity contribution in [2.24, 2.45) is 5.92 Å². The summed E-state index contributed by atoms with van der Waals surface area (Å²) in [6.07, 6.45) is 2.70. The largest absolute Gasteiger partial charge is 0.385 e. The van der Waals surface area contributed by atoms with Gasteiger partial charge in [0.1, 0.15) is 5.82 Å². The number of nitrogens with zero attached hydrogens (tertiary/aromatic N) is 2. The second-order valence-corrected chi connectivity index (χ2v) is 5.54. The quantitative estimate of drug-likeness (QED) is 0.839. The lowest BCUT2D eigenvalue weighted by Crippen LogP contribution is -2.37. The third kappa shape index (κ3) is 3.92. The van der Waals surface area contributed by atoms with E-state index in [4.69, 9.17) is 0 Å². The highest BCUT2D eigenvalue weighted by molar-refractivity contribution is 5.97. The minimum atomic E-state index is -0.147. The normalized spacial score (nSPS) is 13.9. The number of aromatic nitrogens is 2. The Morgan fingerprint density at radius 3 is 2.45 bits per heavy atom. The number of amides is 1. The standard InChI is InChI=1S/C15H26N4O/c1-7-10(4)11(5)18-15(20)13-12(16-6)8-17-14(19-13)9(2)3/h8-11,16H,7H2,1-6H3,(H,18,20). The summed E-state index contributed by atoms with van der Waals surface area (Å²) in [5.74, 6) is 1.17. The molecule has 1 aromatic rings. The van der Waals surface area contributed by atoms with E-state index >= 15 is 0 Å². The Hall–Kier alpha value is -1.65. The van der Waals surface area contributed by atoms with Crippen LogP contribution in [0.5, 0.6) is 0 Å². The molecule has 2 unspecified atom stereocenters. The molecular weight excluding hydrogens is 252 g/mol. The van der Waals surface area contributed by atoms with Gasteiger partial charge in [-0.1, -0.05) is 34.1 Å². The first-order valence-electron chi connectivity index (χ1n) is 7.26. The molecule has 0 aliphatic heterocycles. The molecule has 0 saturated heterocycles. The first-order chi connectivity index (χ1) is 9.40. The Morgan fingerprint density at radius 1 is 1.30 bits per heavy atom. The molecule has 5 heteroatoms. The molecule has 2 atom stereocenters. The first-order valence-corrected chi connectivity index (χ1v) is 7.26. The highest BCUT2D eigenvalue weighted by atomic mass is 16.2. The Morgan fingerprint density at radius 2 is 1.95 bits per heavy atom. The van der Waals surface area contributed by atoms with Gasteiger partial charge in [0.15, 0.2) is 5.69 Å². The van der Waals surface area contributed by atoms with E-state index in [1.807, 2.05) is 20.8 Å². The maximum atomic E-state index is 12.4. The van der Waals surface area contributed by atoms with Crippen LogP contribution in [0.3, 0.4) is 0 Å². The second-order valence-electron chi connectivity index (χ2n) is 5.54. The van der Waals surface area contributed by atoms with Gasteiger partial charge in [-0.05, 0) is 12.8 Å². The number of carbonyl (C=O) groups excluding carboxylic acids is 1. The summed E-state index contributed by atoms with van der Waals surface area (Å²) in [5.41, 5.74) is 1.07. The maximum absolute atomic E-state index is 12.4. The van der Waals surface area contributed by atoms with Crippen molar-refractivity contribution in [1.82, 2.24) is 15.3 Å². The van der Waals surface area contributed by atoms with Gasteiger partial charge in [0.25, 0.3) is 5.91 Å². The van der Waals surface area contributed by atoms with E-state index in [9.17, 15) is 4.79 Å². The van der Waals surface area contributed by atoms with Crippen molar-refractivity contribution in [3.63, 3.8) is 0 Å². The Labute approximate surface area is 121 Å². The fourth-order valence-corrected chi connectivity index (χ4v) is 1.80. The van der Waals surface area contributed by atoms with Crippen molar-refractivity contribution in [3.8, 4) is 0 Å². The number of hydrogen-bond acceptors (Lipinski definition) is 4. The fraction of sp³-hybridized carbons (Fsp3) is 0.667. The monoisotopic (exact) mass is 278 g/mol. The number of rotatable bonds is 6. The highest BCUT2D eigenvalue weighted by Gasteiger charge is 2.19. The summed E-state index contributed by atoms with van der Waals surface area (Å²) in [6, 6.07) is 0.120. The van der Waals surface area contributed by atoms with E-state index in [-0.39, 0.29) is 17.9 Å². The number of anilines is 1. The van der Waals surface area contributed by atoms with Gasteiger partial charge in [0.05, 0.1) is 11.9 Å². The molecule has 0 aliphatic carbocycles. The molecule has 1 heterocycles. The van der Waals surface area contributed by atoms with Gasteiger partial charge in [-0.25, -0.2) is 9.97 Å². The van der Waals surface area contributed by atoms with E-state index < -0.39 is 0 Å². The molecule has 0 radical (unpaired) electrons. The summed E-state index contributed by atoms with van der Waals surface area (Å²) < 4.78 is 0. The topological polar surface area (TPSA) is 66.9 Å². The number of nitrogens with one attached hydrogen (secondary N) is 2. The average molecular weight is 278 g/mol. The zero-order valence-corrected chi connectivity index (χ0v) is 13.3. The lowest BCUT2D eigenvalue weighted by atomic mass is 10.0. The molecule has 5 nitrogen and oxygen atoms in total. The van der Waals surface area contributed by atoms with Gasteiger partial charge in [0.2, 0.25) is 0 Å². The van der Waals surface area contributed by atoms with E-state index in [2.05, 4.69) is 34.4 Å². The third-order valence-electron chi connectivity index (χ3n) is 3.66. The molecule has 112 valence electrons. The van der Waals surface area contributed by atoms with Crippen molar-refractivity contribution < 1.29 is 4.79 Å². The summed E-state index contributed by atoms with van der Waals surface area (Å²) in [4.78, 5) is 21.1. The molecule has 0 aliphatic rings. The molecule has 1 rings (SSSR count). The van der Waals surface area contributed by atoms with Gasteiger partial charge >= 0.3 is 0 Å². The highest BCUT2D eigenvalue weighted by Crippen LogP contribution is 2.16. The van der Waals surface area contributed by atoms with E-state index in [0.29, 0.717) is 23.1 Å². The smallest absolute Gasteiger partial charge is 0.272 e. The Bertz CT molecular complexity index is 459. The minimum absolute atomic E-state index is 0.120. The van der Waals surface area contributed by atoms with Crippen molar-refractivity contribution in [1.29, 1.82) is 0 Å². The number of hydrogen-bond donors (Lipinski definition) is 2. The van der Waals surface area contributed by atoms with Gasteiger partial charge < -0.3 is 10.6 Å². The predicted octanol–water partition coefficient (Wildman–Crippen LogP) is 2.81. The average Bonchev–Trinajstić information content (AvgIpc) is 2.45. The van der Waals surface area contributed by atoms with Crippen molar-refractivity contribution in [3.05, 3.63) is 17.7 Å². The summed E-state index contributed by atoms with van der Waals surface area (Å²) in [5, 5.41) is 5.99. The van der Waals surface area contributed by atoms with Crippen LogP contribution in [0.1, 0.15) is 63.3 Å². The zero-order chi connectivity index (χ0) is 15.3. The SMILES string of the molecule is CCC(C)C(C)NC(=O)c1nc(C(C)C)ncc1NC. The van der Waals surface area contributed by atoms with Crippen LogP contribution in [0.25, 0.3) is 0 Å². The van der Waals surface area contributed by atoms with Gasteiger partial charge in [-0.15, -0.1) is 0 Å². The predicted molar refractivity (Wildman–Crippen MR) is 82.1 cm³/mol. The van der Waals surface area contributed by atoms with Crippen LogP contribution in [0.15, 0.2) is 6.20 Å². The van der Waals surface area contributed by atoms with E-state index in [1.165, 1.54) is 0 Å². The Kier molecular flexibility index (Phi) is 5.92. The first kappa shape index (κ1) is 16.4. The van der Waals surface area contributed by atoms with Crippen LogP contribution in [-0.4, -0.2) is 29.0 Å².